The van der Waals surface area contributed by atoms with Gasteiger partial charge in [-0.1, -0.05) is 54.6 Å². The maximum atomic E-state index is 13.2. The van der Waals surface area contributed by atoms with Crippen LogP contribution in [-0.2, 0) is 33.0 Å². The Morgan fingerprint density at radius 1 is 0.750 bits per heavy atom. The van der Waals surface area contributed by atoms with Crippen LogP contribution in [0.15, 0.2) is 107 Å². The number of nitrogen functional groups attached to an aromatic ring is 1. The fourth-order valence-electron chi connectivity index (χ4n) is 4.37. The van der Waals surface area contributed by atoms with Crippen molar-refractivity contribution >= 4 is 42.7 Å². The number of hydrogen-bond acceptors (Lipinski definition) is 7. The molecule has 0 aliphatic heterocycles. The number of nitrogens with two attached hydrogens (primary N) is 1. The van der Waals surface area contributed by atoms with Crippen LogP contribution < -0.4 is 10.5 Å². The summed E-state index contributed by atoms with van der Waals surface area (Å²) in [5, 5.41) is 0. The molecule has 40 heavy (non-hydrogen) atoms. The Balaban J connectivity index is 1.60. The first kappa shape index (κ1) is 27.3. The lowest BCUT2D eigenvalue weighted by Crippen LogP contribution is -2.15. The van der Waals surface area contributed by atoms with Gasteiger partial charge in [-0.3, -0.25) is 9.27 Å². The van der Waals surface area contributed by atoms with Crippen molar-refractivity contribution in [2.75, 3.05) is 10.5 Å². The second-order valence-electron chi connectivity index (χ2n) is 9.22. The van der Waals surface area contributed by atoms with Crippen LogP contribution >= 0.6 is 0 Å². The summed E-state index contributed by atoms with van der Waals surface area (Å²) in [7, 11) is -8.61. The Bertz CT molecular complexity index is 1900. The Morgan fingerprint density at radius 2 is 1.48 bits per heavy atom. The lowest BCUT2D eigenvalue weighted by molar-refractivity contribution is 0.483. The molecule has 1 aromatic heterocycles. The predicted octanol–water partition coefficient (Wildman–Crippen LogP) is 5.10. The Kier molecular flexibility index (Phi) is 7.53. The molecule has 0 atom stereocenters. The minimum absolute atomic E-state index is 0.0316. The summed E-state index contributed by atoms with van der Waals surface area (Å²) in [6.45, 7) is 0. The monoisotopic (exact) mass is 574 g/mol. The summed E-state index contributed by atoms with van der Waals surface area (Å²) in [6.07, 6.45) is 2.42. The minimum atomic E-state index is -4.52. The molecule has 11 heteroatoms. The molecule has 0 saturated carbocycles. The van der Waals surface area contributed by atoms with E-state index >= 15 is 0 Å². The number of para-hydroxylation sites is 1. The molecular weight excluding hydrogens is 548 g/mol. The predicted molar refractivity (Wildman–Crippen MR) is 155 cm³/mol. The van der Waals surface area contributed by atoms with Crippen molar-refractivity contribution in [1.82, 2.24) is 9.97 Å². The Labute approximate surface area is 232 Å². The van der Waals surface area contributed by atoms with Crippen LogP contribution in [-0.4, -0.2) is 31.4 Å². The zero-order valence-corrected chi connectivity index (χ0v) is 22.9. The van der Waals surface area contributed by atoms with Crippen LogP contribution in [0, 0.1) is 0 Å². The minimum Gasteiger partial charge on any atom is -0.399 e. The van der Waals surface area contributed by atoms with Crippen molar-refractivity contribution in [3.63, 3.8) is 0 Å². The van der Waals surface area contributed by atoms with Gasteiger partial charge in [0.2, 0.25) is 0 Å². The Hall–Kier alpha value is -4.32. The summed E-state index contributed by atoms with van der Waals surface area (Å²) >= 11 is 0. The van der Waals surface area contributed by atoms with Gasteiger partial charge in [-0.25, -0.2) is 18.4 Å². The summed E-state index contributed by atoms with van der Waals surface area (Å²) in [5.74, 6) is -0.0850. The molecule has 4 N–H and O–H groups in total. The van der Waals surface area contributed by atoms with Crippen molar-refractivity contribution in [3.05, 3.63) is 108 Å². The van der Waals surface area contributed by atoms with E-state index < -0.39 is 20.1 Å². The molecule has 5 aromatic rings. The molecule has 0 unspecified atom stereocenters. The van der Waals surface area contributed by atoms with Gasteiger partial charge in [0, 0.05) is 11.3 Å². The zero-order chi connectivity index (χ0) is 28.3. The van der Waals surface area contributed by atoms with Crippen molar-refractivity contribution in [1.29, 1.82) is 0 Å². The molecule has 0 radical (unpaired) electrons. The van der Waals surface area contributed by atoms with Gasteiger partial charge in [-0.05, 0) is 72.9 Å². The van der Waals surface area contributed by atoms with E-state index in [0.717, 1.165) is 18.4 Å². The van der Waals surface area contributed by atoms with Crippen LogP contribution in [0.5, 0.6) is 0 Å². The normalized spacial score (nSPS) is 11.9. The van der Waals surface area contributed by atoms with Gasteiger partial charge in [0.05, 0.1) is 20.8 Å². The van der Waals surface area contributed by atoms with Crippen LogP contribution in [0.1, 0.15) is 17.5 Å². The number of hydrogen-bond donors (Lipinski definition) is 3. The molecule has 9 nitrogen and oxygen atoms in total. The van der Waals surface area contributed by atoms with Gasteiger partial charge in [-0.2, -0.15) is 8.42 Å². The molecule has 204 valence electrons. The molecular formula is C29H26N4O5S2. The fourth-order valence-corrected chi connectivity index (χ4v) is 5.91. The number of aryl methyl sites for hydroxylation is 2. The molecule has 4 aromatic carbocycles. The van der Waals surface area contributed by atoms with Gasteiger partial charge >= 0.3 is 0 Å². The second kappa shape index (κ2) is 11.0. The highest BCUT2D eigenvalue weighted by Gasteiger charge is 2.21. The molecule has 1 heterocycles. The number of fused-ring (bicyclic) bond motifs is 1. The Morgan fingerprint density at radius 3 is 2.20 bits per heavy atom. The van der Waals surface area contributed by atoms with Gasteiger partial charge in [0.25, 0.3) is 20.1 Å². The summed E-state index contributed by atoms with van der Waals surface area (Å²) in [5.41, 5.74) is 9.68. The molecule has 0 fully saturated rings. The highest BCUT2D eigenvalue weighted by atomic mass is 32.2. The number of benzene rings is 4. The summed E-state index contributed by atoms with van der Waals surface area (Å²) in [6, 6.07) is 26.8. The highest BCUT2D eigenvalue weighted by Crippen LogP contribution is 2.31. The number of rotatable bonds is 9. The van der Waals surface area contributed by atoms with E-state index in [9.17, 15) is 21.4 Å². The number of sulfonamides is 1. The number of aromatic nitrogens is 2. The smallest absolute Gasteiger partial charge is 0.294 e. The third-order valence-corrected chi connectivity index (χ3v) is 8.56. The van der Waals surface area contributed by atoms with Crippen LogP contribution in [0.25, 0.3) is 22.3 Å². The van der Waals surface area contributed by atoms with E-state index in [1.54, 1.807) is 12.1 Å². The molecule has 0 aliphatic rings. The van der Waals surface area contributed by atoms with Crippen LogP contribution in [0.3, 0.4) is 0 Å². The van der Waals surface area contributed by atoms with E-state index in [-0.39, 0.29) is 26.9 Å². The number of nitrogens with zero attached hydrogens (tertiary/aromatic N) is 2. The first-order valence-corrected chi connectivity index (χ1v) is 15.3. The first-order valence-electron chi connectivity index (χ1n) is 12.4. The topological polar surface area (TPSA) is 152 Å². The average molecular weight is 575 g/mol. The van der Waals surface area contributed by atoms with Crippen molar-refractivity contribution in [2.24, 2.45) is 0 Å². The highest BCUT2D eigenvalue weighted by molar-refractivity contribution is 7.92. The third kappa shape index (κ3) is 6.12. The molecule has 0 aliphatic carbocycles. The maximum absolute atomic E-state index is 13.2. The lowest BCUT2D eigenvalue weighted by Gasteiger charge is -2.15. The van der Waals surface area contributed by atoms with Crippen molar-refractivity contribution < 1.29 is 21.4 Å². The third-order valence-electron chi connectivity index (χ3n) is 6.36. The maximum Gasteiger partial charge on any atom is 0.294 e. The van der Waals surface area contributed by atoms with Crippen molar-refractivity contribution in [2.45, 2.75) is 29.1 Å². The quantitative estimate of drug-likeness (QED) is 0.162. The molecule has 0 saturated heterocycles. The van der Waals surface area contributed by atoms with Crippen LogP contribution in [0.2, 0.25) is 0 Å². The van der Waals surface area contributed by atoms with Crippen molar-refractivity contribution in [3.8, 4) is 11.3 Å². The number of anilines is 2. The van der Waals surface area contributed by atoms with Gasteiger partial charge < -0.3 is 5.73 Å². The molecule has 0 spiro atoms. The van der Waals surface area contributed by atoms with Gasteiger partial charge in [0.15, 0.2) is 5.82 Å². The zero-order valence-electron chi connectivity index (χ0n) is 21.2. The SMILES string of the molecule is Nc1ccc(S(=O)(=O)Nc2nc3cccc(CCCc4ccccc4)c3nc2-c2cccc(S(=O)(=O)O)c2)cc1. The van der Waals surface area contributed by atoms with Gasteiger partial charge in [-0.15, -0.1) is 0 Å². The van der Waals surface area contributed by atoms with E-state index in [0.29, 0.717) is 23.1 Å². The molecule has 0 bridgehead atoms. The molecule has 5 rings (SSSR count). The second-order valence-corrected chi connectivity index (χ2v) is 12.3. The largest absolute Gasteiger partial charge is 0.399 e. The molecule has 0 amide bonds. The lowest BCUT2D eigenvalue weighted by atomic mass is 10.0. The standard InChI is InChI=1S/C29H26N4O5S2/c30-23-15-17-24(18-16-23)39(34,35)33-29-28(22-12-5-13-25(19-22)40(36,37)38)32-27-21(11-6-14-26(27)31-29)10-4-9-20-7-2-1-3-8-20/h1-3,5-8,11-19H,4,9-10,30H2,(H,31,33)(H,36,37,38). The average Bonchev–Trinajstić information content (AvgIpc) is 2.93. The van der Waals surface area contributed by atoms with E-state index in [1.165, 1.54) is 48.0 Å². The van der Waals surface area contributed by atoms with E-state index in [4.69, 9.17) is 10.7 Å². The number of nitrogens with one attached hydrogen (secondary N) is 1. The van der Waals surface area contributed by atoms with E-state index in [1.807, 2.05) is 30.3 Å². The van der Waals surface area contributed by atoms with Gasteiger partial charge in [0.1, 0.15) is 5.69 Å². The first-order chi connectivity index (χ1) is 19.1. The fraction of sp³-hybridized carbons (Fsp3) is 0.103. The van der Waals surface area contributed by atoms with Crippen LogP contribution in [0.4, 0.5) is 11.5 Å². The summed E-state index contributed by atoms with van der Waals surface area (Å²) in [4.78, 5) is 9.03. The summed E-state index contributed by atoms with van der Waals surface area (Å²) < 4.78 is 62.3. The van der Waals surface area contributed by atoms with E-state index in [2.05, 4.69) is 21.8 Å².